The molecule has 0 saturated carbocycles. The van der Waals surface area contributed by atoms with Gasteiger partial charge in [-0.1, -0.05) is 6.07 Å². The van der Waals surface area contributed by atoms with Crippen molar-refractivity contribution in [2.24, 2.45) is 5.73 Å². The molecule has 7 heteroatoms. The maximum Gasteiger partial charge on any atom is 0.239 e. The fraction of sp³-hybridized carbons (Fsp3) is 0.500. The van der Waals surface area contributed by atoms with E-state index in [9.17, 15) is 4.79 Å². The number of carbonyl (C=O) groups excluding carboxylic acids is 1. The lowest BCUT2D eigenvalue weighted by Gasteiger charge is -2.38. The highest BCUT2D eigenvalue weighted by atomic mass is 35.5. The molecule has 3 heterocycles. The van der Waals surface area contributed by atoms with Crippen molar-refractivity contribution < 1.29 is 4.79 Å². The van der Waals surface area contributed by atoms with Crippen LogP contribution in [-0.4, -0.2) is 47.5 Å². The highest BCUT2D eigenvalue weighted by molar-refractivity contribution is 5.85. The first-order valence-electron chi connectivity index (χ1n) is 5.98. The van der Waals surface area contributed by atoms with Gasteiger partial charge in [0.2, 0.25) is 5.91 Å². The number of nitrogens with zero attached hydrogens (tertiary/aromatic N) is 3. The Labute approximate surface area is 125 Å². The molecule has 5 nitrogen and oxygen atoms in total. The van der Waals surface area contributed by atoms with Gasteiger partial charge in [-0.15, -0.1) is 24.8 Å². The topological polar surface area (TPSA) is 62.5 Å². The molecule has 3 rings (SSSR count). The summed E-state index contributed by atoms with van der Waals surface area (Å²) in [4.78, 5) is 20.2. The van der Waals surface area contributed by atoms with Crippen LogP contribution in [0.5, 0.6) is 0 Å². The second-order valence-electron chi connectivity index (χ2n) is 4.66. The second-order valence-corrected chi connectivity index (χ2v) is 4.66. The Morgan fingerprint density at radius 2 is 2.05 bits per heavy atom. The predicted octanol–water partition coefficient (Wildman–Crippen LogP) is 0.673. The number of piperazine rings is 1. The van der Waals surface area contributed by atoms with Crippen LogP contribution in [-0.2, 0) is 4.79 Å². The van der Waals surface area contributed by atoms with E-state index in [2.05, 4.69) is 9.88 Å². The Balaban J connectivity index is 0.000000902. The minimum atomic E-state index is -0.302. The van der Waals surface area contributed by atoms with Crippen molar-refractivity contribution in [3.8, 4) is 0 Å². The van der Waals surface area contributed by atoms with Gasteiger partial charge >= 0.3 is 0 Å². The second kappa shape index (κ2) is 6.41. The average Bonchev–Trinajstić information content (AvgIpc) is 2.66. The number of hydrogen-bond donors (Lipinski definition) is 1. The summed E-state index contributed by atoms with van der Waals surface area (Å²) in [5, 5.41) is 0. The van der Waals surface area contributed by atoms with Crippen molar-refractivity contribution in [3.63, 3.8) is 0 Å². The third-order valence-electron chi connectivity index (χ3n) is 3.58. The smallest absolute Gasteiger partial charge is 0.239 e. The molecule has 106 valence electrons. The van der Waals surface area contributed by atoms with Crippen molar-refractivity contribution >= 4 is 36.5 Å². The van der Waals surface area contributed by atoms with E-state index in [1.165, 1.54) is 0 Å². The van der Waals surface area contributed by atoms with E-state index in [4.69, 9.17) is 5.73 Å². The molecule has 2 fully saturated rings. The SMILES string of the molecule is Cl.Cl.NC1CC2CN(c3ccccn3)CCN2C1=O. The Kier molecular flexibility index (Phi) is 5.40. The van der Waals surface area contributed by atoms with E-state index >= 15 is 0 Å². The molecule has 1 aromatic heterocycles. The molecule has 19 heavy (non-hydrogen) atoms. The van der Waals surface area contributed by atoms with Gasteiger partial charge in [0.25, 0.3) is 0 Å². The molecule has 2 unspecified atom stereocenters. The summed E-state index contributed by atoms with van der Waals surface area (Å²) >= 11 is 0. The molecule has 0 radical (unpaired) electrons. The molecule has 0 aliphatic carbocycles. The molecular formula is C12H18Cl2N4O. The van der Waals surface area contributed by atoms with Crippen LogP contribution in [0.25, 0.3) is 0 Å². The van der Waals surface area contributed by atoms with E-state index in [1.807, 2.05) is 23.1 Å². The quantitative estimate of drug-likeness (QED) is 0.828. The largest absolute Gasteiger partial charge is 0.353 e. The third kappa shape index (κ3) is 2.94. The number of aromatic nitrogens is 1. The summed E-state index contributed by atoms with van der Waals surface area (Å²) in [6.07, 6.45) is 2.56. The third-order valence-corrected chi connectivity index (χ3v) is 3.58. The lowest BCUT2D eigenvalue weighted by Crippen LogP contribution is -2.52. The Bertz CT molecular complexity index is 431. The minimum absolute atomic E-state index is 0. The molecule has 2 atom stereocenters. The van der Waals surface area contributed by atoms with Gasteiger partial charge < -0.3 is 15.5 Å². The molecule has 0 aromatic carbocycles. The monoisotopic (exact) mass is 304 g/mol. The first kappa shape index (κ1) is 16.0. The van der Waals surface area contributed by atoms with Crippen molar-refractivity contribution in [1.29, 1.82) is 0 Å². The number of halogens is 2. The standard InChI is InChI=1S/C12H16N4O.2ClH/c13-10-7-9-8-15(5-6-16(9)12(10)17)11-3-1-2-4-14-11;;/h1-4,9-10H,5-8,13H2;2*1H. The van der Waals surface area contributed by atoms with Gasteiger partial charge in [0.05, 0.1) is 12.1 Å². The van der Waals surface area contributed by atoms with Crippen LogP contribution in [0.15, 0.2) is 24.4 Å². The van der Waals surface area contributed by atoms with Crippen molar-refractivity contribution in [2.75, 3.05) is 24.5 Å². The number of anilines is 1. The van der Waals surface area contributed by atoms with Crippen LogP contribution in [0.1, 0.15) is 6.42 Å². The zero-order chi connectivity index (χ0) is 11.8. The molecule has 2 saturated heterocycles. The van der Waals surface area contributed by atoms with Crippen LogP contribution in [0, 0.1) is 0 Å². The number of amides is 1. The Morgan fingerprint density at radius 1 is 1.26 bits per heavy atom. The van der Waals surface area contributed by atoms with Crippen LogP contribution in [0.3, 0.4) is 0 Å². The van der Waals surface area contributed by atoms with Gasteiger partial charge in [-0.3, -0.25) is 4.79 Å². The van der Waals surface area contributed by atoms with Gasteiger partial charge in [0.15, 0.2) is 0 Å². The highest BCUT2D eigenvalue weighted by Gasteiger charge is 2.40. The predicted molar refractivity (Wildman–Crippen MR) is 79.0 cm³/mol. The van der Waals surface area contributed by atoms with E-state index < -0.39 is 0 Å². The van der Waals surface area contributed by atoms with Gasteiger partial charge in [-0.25, -0.2) is 4.98 Å². The Hall–Kier alpha value is -1.04. The lowest BCUT2D eigenvalue weighted by molar-refractivity contribution is -0.130. The summed E-state index contributed by atoms with van der Waals surface area (Å²) in [6, 6.07) is 5.86. The number of carbonyl (C=O) groups is 1. The number of fused-ring (bicyclic) bond motifs is 1. The maximum atomic E-state index is 11.7. The summed E-state index contributed by atoms with van der Waals surface area (Å²) in [7, 11) is 0. The number of nitrogens with two attached hydrogens (primary N) is 1. The fourth-order valence-corrected chi connectivity index (χ4v) is 2.70. The summed E-state index contributed by atoms with van der Waals surface area (Å²) in [5.41, 5.74) is 5.80. The molecule has 1 aromatic rings. The summed E-state index contributed by atoms with van der Waals surface area (Å²) in [6.45, 7) is 2.44. The molecular weight excluding hydrogens is 287 g/mol. The van der Waals surface area contributed by atoms with E-state index in [-0.39, 0.29) is 42.8 Å². The van der Waals surface area contributed by atoms with E-state index in [0.717, 1.165) is 31.9 Å². The van der Waals surface area contributed by atoms with Crippen LogP contribution >= 0.6 is 24.8 Å². The fourth-order valence-electron chi connectivity index (χ4n) is 2.70. The zero-order valence-corrected chi connectivity index (χ0v) is 12.1. The molecule has 2 aliphatic heterocycles. The van der Waals surface area contributed by atoms with Crippen molar-refractivity contribution in [3.05, 3.63) is 24.4 Å². The summed E-state index contributed by atoms with van der Waals surface area (Å²) < 4.78 is 0. The molecule has 2 N–H and O–H groups in total. The summed E-state index contributed by atoms with van der Waals surface area (Å²) in [5.74, 6) is 1.09. The van der Waals surface area contributed by atoms with Gasteiger partial charge in [0.1, 0.15) is 5.82 Å². The van der Waals surface area contributed by atoms with Gasteiger partial charge in [-0.05, 0) is 18.6 Å². The normalized spacial score (nSPS) is 25.4. The van der Waals surface area contributed by atoms with Crippen molar-refractivity contribution in [2.45, 2.75) is 18.5 Å². The highest BCUT2D eigenvalue weighted by Crippen LogP contribution is 2.24. The maximum absolute atomic E-state index is 11.7. The lowest BCUT2D eigenvalue weighted by atomic mass is 10.1. The van der Waals surface area contributed by atoms with Gasteiger partial charge in [-0.2, -0.15) is 0 Å². The average molecular weight is 305 g/mol. The number of hydrogen-bond acceptors (Lipinski definition) is 4. The molecule has 1 amide bonds. The first-order chi connectivity index (χ1) is 8.25. The van der Waals surface area contributed by atoms with Gasteiger partial charge in [0, 0.05) is 25.8 Å². The van der Waals surface area contributed by atoms with Crippen molar-refractivity contribution in [1.82, 2.24) is 9.88 Å². The zero-order valence-electron chi connectivity index (χ0n) is 10.4. The minimum Gasteiger partial charge on any atom is -0.353 e. The molecule has 0 spiro atoms. The molecule has 0 bridgehead atoms. The molecule has 2 aliphatic rings. The van der Waals surface area contributed by atoms with Crippen LogP contribution < -0.4 is 10.6 Å². The van der Waals surface area contributed by atoms with Crippen LogP contribution in [0.4, 0.5) is 5.82 Å². The van der Waals surface area contributed by atoms with E-state index in [0.29, 0.717) is 0 Å². The van der Waals surface area contributed by atoms with Crippen LogP contribution in [0.2, 0.25) is 0 Å². The van der Waals surface area contributed by atoms with E-state index in [1.54, 1.807) is 6.20 Å². The first-order valence-corrected chi connectivity index (χ1v) is 5.98. The number of pyridine rings is 1. The Morgan fingerprint density at radius 3 is 2.74 bits per heavy atom. The number of rotatable bonds is 1.